The molecule has 0 fully saturated rings. The Morgan fingerprint density at radius 2 is 1.64 bits per heavy atom. The van der Waals surface area contributed by atoms with E-state index in [1.54, 1.807) is 18.3 Å². The van der Waals surface area contributed by atoms with Crippen LogP contribution in [0.2, 0.25) is 18.1 Å². The fourth-order valence-electron chi connectivity index (χ4n) is 2.53. The van der Waals surface area contributed by atoms with E-state index in [0.717, 1.165) is 5.56 Å². The van der Waals surface area contributed by atoms with Gasteiger partial charge in [-0.1, -0.05) is 39.0 Å². The lowest BCUT2D eigenvalue weighted by Gasteiger charge is -2.36. The summed E-state index contributed by atoms with van der Waals surface area (Å²) in [4.78, 5) is 4.22. The third-order valence-electron chi connectivity index (χ3n) is 5.36. The van der Waals surface area contributed by atoms with Gasteiger partial charge in [0.05, 0.1) is 24.5 Å². The van der Waals surface area contributed by atoms with Gasteiger partial charge in [-0.15, -0.1) is 0 Å². The Balaban J connectivity index is 2.06. The highest BCUT2D eigenvalue weighted by molar-refractivity contribution is 6.74. The molecule has 154 valence electrons. The zero-order valence-corrected chi connectivity index (χ0v) is 19.2. The van der Waals surface area contributed by atoms with Crippen LogP contribution >= 0.6 is 0 Å². The van der Waals surface area contributed by atoms with Gasteiger partial charge in [0.25, 0.3) is 0 Å². The third-order valence-corrected chi connectivity index (χ3v) is 9.90. The van der Waals surface area contributed by atoms with E-state index in [9.17, 15) is 0 Å². The number of nitrogens with two attached hydrogens (primary N) is 1. The Labute approximate surface area is 170 Å². The molecule has 2 aromatic rings. The van der Waals surface area contributed by atoms with E-state index in [1.165, 1.54) is 0 Å². The quantitative estimate of drug-likeness (QED) is 0.451. The summed E-state index contributed by atoms with van der Waals surface area (Å²) in [6.45, 7) is 16.4. The topological polar surface area (TPSA) is 66.6 Å². The molecule has 2 N–H and O–H groups in total. The average Bonchev–Trinajstić information content (AvgIpc) is 2.60. The first kappa shape index (κ1) is 22.4. The number of ether oxygens (including phenoxy) is 2. The van der Waals surface area contributed by atoms with Gasteiger partial charge in [0.2, 0.25) is 5.88 Å². The minimum absolute atomic E-state index is 0.186. The van der Waals surface area contributed by atoms with E-state index < -0.39 is 13.9 Å². The summed E-state index contributed by atoms with van der Waals surface area (Å²) >= 11 is 0. The molecule has 0 aliphatic carbocycles. The SMILES string of the molecule is CC(C)(OCCO[Si](C)(C)C(C)(C)C)c1ccccc1Oc1ncccc1N. The number of rotatable bonds is 8. The lowest BCUT2D eigenvalue weighted by molar-refractivity contribution is -0.0362. The van der Waals surface area contributed by atoms with Gasteiger partial charge < -0.3 is 19.6 Å². The largest absolute Gasteiger partial charge is 0.437 e. The van der Waals surface area contributed by atoms with Crippen molar-refractivity contribution in [3.63, 3.8) is 0 Å². The first-order chi connectivity index (χ1) is 12.9. The molecule has 28 heavy (non-hydrogen) atoms. The maximum Gasteiger partial charge on any atom is 0.242 e. The molecule has 0 amide bonds. The van der Waals surface area contributed by atoms with Crippen LogP contribution in [-0.4, -0.2) is 26.5 Å². The third kappa shape index (κ3) is 5.56. The molecule has 0 unspecified atom stereocenters. The van der Waals surface area contributed by atoms with E-state index in [-0.39, 0.29) is 5.04 Å². The highest BCUT2D eigenvalue weighted by Gasteiger charge is 2.37. The number of aromatic nitrogens is 1. The van der Waals surface area contributed by atoms with E-state index in [4.69, 9.17) is 19.6 Å². The van der Waals surface area contributed by atoms with Crippen molar-refractivity contribution in [2.75, 3.05) is 18.9 Å². The summed E-state index contributed by atoms with van der Waals surface area (Å²) in [7, 11) is -1.78. The lowest BCUT2D eigenvalue weighted by atomic mass is 9.97. The Bertz CT molecular complexity index is 785. The van der Waals surface area contributed by atoms with Crippen LogP contribution in [0.5, 0.6) is 11.6 Å². The molecule has 0 saturated heterocycles. The molecule has 0 atom stereocenters. The molecule has 2 rings (SSSR count). The van der Waals surface area contributed by atoms with Crippen molar-refractivity contribution in [3.05, 3.63) is 48.2 Å². The average molecular weight is 403 g/mol. The van der Waals surface area contributed by atoms with Crippen molar-refractivity contribution >= 4 is 14.0 Å². The molecule has 1 heterocycles. The van der Waals surface area contributed by atoms with Crippen LogP contribution in [0.3, 0.4) is 0 Å². The summed E-state index contributed by atoms with van der Waals surface area (Å²) in [6.07, 6.45) is 1.66. The van der Waals surface area contributed by atoms with Crippen molar-refractivity contribution in [2.45, 2.75) is 58.4 Å². The zero-order valence-electron chi connectivity index (χ0n) is 18.2. The summed E-state index contributed by atoms with van der Waals surface area (Å²) in [6, 6.07) is 11.4. The second-order valence-electron chi connectivity index (χ2n) is 8.96. The lowest BCUT2D eigenvalue weighted by Crippen LogP contribution is -2.41. The van der Waals surface area contributed by atoms with E-state index >= 15 is 0 Å². The molecular weight excluding hydrogens is 368 g/mol. The number of nitrogen functional groups attached to an aromatic ring is 1. The minimum atomic E-state index is -1.78. The Kier molecular flexibility index (Phi) is 6.91. The predicted molar refractivity (Wildman–Crippen MR) is 117 cm³/mol. The number of hydrogen-bond donors (Lipinski definition) is 1. The predicted octanol–water partition coefficient (Wildman–Crippen LogP) is 5.73. The van der Waals surface area contributed by atoms with Crippen molar-refractivity contribution < 1.29 is 13.9 Å². The highest BCUT2D eigenvalue weighted by Crippen LogP contribution is 2.37. The molecule has 0 spiro atoms. The number of pyridine rings is 1. The van der Waals surface area contributed by atoms with E-state index in [1.807, 2.05) is 38.1 Å². The molecule has 1 aromatic carbocycles. The molecule has 1 aromatic heterocycles. The maximum atomic E-state index is 6.22. The van der Waals surface area contributed by atoms with Crippen molar-refractivity contribution in [1.29, 1.82) is 0 Å². The van der Waals surface area contributed by atoms with Gasteiger partial charge >= 0.3 is 0 Å². The molecule has 6 heteroatoms. The van der Waals surface area contributed by atoms with Crippen molar-refractivity contribution in [2.24, 2.45) is 0 Å². The van der Waals surface area contributed by atoms with Crippen molar-refractivity contribution in [1.82, 2.24) is 4.98 Å². The fourth-order valence-corrected chi connectivity index (χ4v) is 3.56. The number of anilines is 1. The molecule has 0 saturated carbocycles. The summed E-state index contributed by atoms with van der Waals surface area (Å²) < 4.78 is 18.4. The van der Waals surface area contributed by atoms with E-state index in [0.29, 0.717) is 30.5 Å². The van der Waals surface area contributed by atoms with Crippen LogP contribution in [0, 0.1) is 0 Å². The van der Waals surface area contributed by atoms with Crippen LogP contribution in [0.25, 0.3) is 0 Å². The molecule has 0 aliphatic rings. The summed E-state index contributed by atoms with van der Waals surface area (Å²) in [5.74, 6) is 1.08. The molecule has 5 nitrogen and oxygen atoms in total. The standard InChI is InChI=1S/C22H34N2O3Si/c1-21(2,3)28(6,7)26-16-15-25-22(4,5)17-11-8-9-13-19(17)27-20-18(23)12-10-14-24-20/h8-14H,15-16,23H2,1-7H3. The second kappa shape index (κ2) is 8.63. The first-order valence-electron chi connectivity index (χ1n) is 9.70. The Morgan fingerprint density at radius 3 is 2.29 bits per heavy atom. The highest BCUT2D eigenvalue weighted by atomic mass is 28.4. The van der Waals surface area contributed by atoms with E-state index in [2.05, 4.69) is 38.8 Å². The van der Waals surface area contributed by atoms with Gasteiger partial charge in [0, 0.05) is 11.8 Å². The van der Waals surface area contributed by atoms with Crippen LogP contribution in [-0.2, 0) is 14.8 Å². The Hall–Kier alpha value is -1.89. The summed E-state index contributed by atoms with van der Waals surface area (Å²) in [5, 5.41) is 0.186. The normalized spacial score (nSPS) is 12.8. The zero-order chi connectivity index (χ0) is 21.0. The van der Waals surface area contributed by atoms with Crippen molar-refractivity contribution in [3.8, 4) is 11.6 Å². The maximum absolute atomic E-state index is 6.22. The van der Waals surface area contributed by atoms with Gasteiger partial charge in [-0.2, -0.15) is 0 Å². The number of nitrogens with zero attached hydrogens (tertiary/aromatic N) is 1. The number of para-hydroxylation sites is 1. The van der Waals surface area contributed by atoms with Crippen LogP contribution in [0.1, 0.15) is 40.2 Å². The smallest absolute Gasteiger partial charge is 0.242 e. The fraction of sp³-hybridized carbons (Fsp3) is 0.500. The summed E-state index contributed by atoms with van der Waals surface area (Å²) in [5.41, 5.74) is 6.86. The molecule has 0 radical (unpaired) electrons. The Morgan fingerprint density at radius 1 is 0.964 bits per heavy atom. The van der Waals surface area contributed by atoms with Gasteiger partial charge in [-0.3, -0.25) is 0 Å². The van der Waals surface area contributed by atoms with Gasteiger partial charge in [0.1, 0.15) is 5.75 Å². The minimum Gasteiger partial charge on any atom is -0.437 e. The van der Waals surface area contributed by atoms with Crippen LogP contribution < -0.4 is 10.5 Å². The molecular formula is C22H34N2O3Si. The number of benzene rings is 1. The van der Waals surface area contributed by atoms with Gasteiger partial charge in [0.15, 0.2) is 8.32 Å². The number of hydrogen-bond acceptors (Lipinski definition) is 5. The van der Waals surface area contributed by atoms with Crippen LogP contribution in [0.15, 0.2) is 42.6 Å². The molecule has 0 aliphatic heterocycles. The molecule has 0 bridgehead atoms. The second-order valence-corrected chi connectivity index (χ2v) is 13.8. The van der Waals surface area contributed by atoms with Gasteiger partial charge in [-0.25, -0.2) is 4.98 Å². The van der Waals surface area contributed by atoms with Gasteiger partial charge in [-0.05, 0) is 50.2 Å². The first-order valence-corrected chi connectivity index (χ1v) is 12.6. The monoisotopic (exact) mass is 402 g/mol. The van der Waals surface area contributed by atoms with Crippen LogP contribution in [0.4, 0.5) is 5.69 Å².